The number of hydrogen-bond acceptors (Lipinski definition) is 4. The van der Waals surface area contributed by atoms with Gasteiger partial charge in [0.25, 0.3) is 0 Å². The van der Waals surface area contributed by atoms with Crippen molar-refractivity contribution in [3.63, 3.8) is 0 Å². The molecule has 3 N–H and O–H groups in total. The van der Waals surface area contributed by atoms with Gasteiger partial charge in [-0.1, -0.05) is 6.07 Å². The predicted molar refractivity (Wildman–Crippen MR) is 69.8 cm³/mol. The van der Waals surface area contributed by atoms with Gasteiger partial charge in [0, 0.05) is 13.2 Å². The summed E-state index contributed by atoms with van der Waals surface area (Å²) < 4.78 is 1.72. The Bertz CT molecular complexity index is 543. The number of anilines is 1. The fourth-order valence-electron chi connectivity index (χ4n) is 2.03. The van der Waals surface area contributed by atoms with Crippen molar-refractivity contribution in [3.05, 3.63) is 35.7 Å². The van der Waals surface area contributed by atoms with Crippen LogP contribution in [0.25, 0.3) is 0 Å². The molecule has 2 rings (SSSR count). The van der Waals surface area contributed by atoms with Gasteiger partial charge in [0.15, 0.2) is 0 Å². The van der Waals surface area contributed by atoms with Crippen molar-refractivity contribution in [1.29, 1.82) is 0 Å². The van der Waals surface area contributed by atoms with E-state index in [2.05, 4.69) is 10.4 Å². The van der Waals surface area contributed by atoms with Crippen LogP contribution in [0.15, 0.2) is 24.4 Å². The smallest absolute Gasteiger partial charge is 0.124 e. The highest BCUT2D eigenvalue weighted by Crippen LogP contribution is 2.34. The van der Waals surface area contributed by atoms with Gasteiger partial charge in [-0.2, -0.15) is 5.10 Å². The molecule has 18 heavy (non-hydrogen) atoms. The van der Waals surface area contributed by atoms with Crippen molar-refractivity contribution in [1.82, 2.24) is 9.78 Å². The molecule has 1 unspecified atom stereocenters. The largest absolute Gasteiger partial charge is 0.507 e. The zero-order valence-electron chi connectivity index (χ0n) is 10.7. The predicted octanol–water partition coefficient (Wildman–Crippen LogP) is 2.31. The highest BCUT2D eigenvalue weighted by atomic mass is 16.3. The Morgan fingerprint density at radius 1 is 1.28 bits per heavy atom. The summed E-state index contributed by atoms with van der Waals surface area (Å²) >= 11 is 0. The summed E-state index contributed by atoms with van der Waals surface area (Å²) in [7, 11) is 1.85. The van der Waals surface area contributed by atoms with Crippen molar-refractivity contribution >= 4 is 5.69 Å². The molecule has 96 valence electrons. The third kappa shape index (κ3) is 2.25. The van der Waals surface area contributed by atoms with Gasteiger partial charge in [0.1, 0.15) is 11.5 Å². The van der Waals surface area contributed by atoms with E-state index in [1.807, 2.05) is 27.1 Å². The van der Waals surface area contributed by atoms with E-state index in [9.17, 15) is 10.2 Å². The third-order valence-corrected chi connectivity index (χ3v) is 2.88. The van der Waals surface area contributed by atoms with Crippen LogP contribution in [0.5, 0.6) is 11.5 Å². The number of rotatable bonds is 3. The van der Waals surface area contributed by atoms with E-state index in [1.54, 1.807) is 22.9 Å². The molecule has 0 bridgehead atoms. The molecule has 5 heteroatoms. The van der Waals surface area contributed by atoms with Crippen LogP contribution < -0.4 is 5.32 Å². The molecule has 0 aliphatic carbocycles. The van der Waals surface area contributed by atoms with Gasteiger partial charge in [-0.05, 0) is 26.0 Å². The fraction of sp³-hybridized carbons (Fsp3) is 0.308. The second-order valence-electron chi connectivity index (χ2n) is 4.38. The van der Waals surface area contributed by atoms with E-state index in [0.29, 0.717) is 5.56 Å². The Kier molecular flexibility index (Phi) is 3.14. The number of aromatic nitrogens is 2. The Hall–Kier alpha value is -2.17. The van der Waals surface area contributed by atoms with E-state index in [4.69, 9.17) is 0 Å². The first-order valence-corrected chi connectivity index (χ1v) is 5.76. The van der Waals surface area contributed by atoms with Gasteiger partial charge in [0.05, 0.1) is 23.0 Å². The van der Waals surface area contributed by atoms with Crippen LogP contribution in [-0.2, 0) is 7.05 Å². The standard InChI is InChI=1S/C13H17N3O2/c1-8-10(7-16(3)15-8)14-9(2)13-11(17)5-4-6-12(13)18/h4-7,9,14,17-18H,1-3H3. The number of benzene rings is 1. The van der Waals surface area contributed by atoms with Gasteiger partial charge in [-0.15, -0.1) is 0 Å². The molecular formula is C13H17N3O2. The third-order valence-electron chi connectivity index (χ3n) is 2.88. The molecule has 5 nitrogen and oxygen atoms in total. The lowest BCUT2D eigenvalue weighted by atomic mass is 10.1. The second-order valence-corrected chi connectivity index (χ2v) is 4.38. The molecule has 2 aromatic rings. The molecule has 0 spiro atoms. The zero-order chi connectivity index (χ0) is 13.3. The van der Waals surface area contributed by atoms with Crippen molar-refractivity contribution in [2.45, 2.75) is 19.9 Å². The molecule has 0 radical (unpaired) electrons. The molecule has 1 aromatic heterocycles. The van der Waals surface area contributed by atoms with Crippen LogP contribution in [0.4, 0.5) is 5.69 Å². The van der Waals surface area contributed by atoms with Crippen molar-refractivity contribution in [2.24, 2.45) is 7.05 Å². The van der Waals surface area contributed by atoms with E-state index < -0.39 is 0 Å². The minimum atomic E-state index is -0.214. The maximum atomic E-state index is 9.79. The monoisotopic (exact) mass is 247 g/mol. The fourth-order valence-corrected chi connectivity index (χ4v) is 2.03. The number of aromatic hydroxyl groups is 2. The van der Waals surface area contributed by atoms with Gasteiger partial charge < -0.3 is 15.5 Å². The number of aryl methyl sites for hydroxylation is 2. The average molecular weight is 247 g/mol. The number of nitrogens with zero attached hydrogens (tertiary/aromatic N) is 2. The van der Waals surface area contributed by atoms with E-state index >= 15 is 0 Å². The van der Waals surface area contributed by atoms with Crippen LogP contribution in [0.1, 0.15) is 24.2 Å². The quantitative estimate of drug-likeness (QED) is 0.778. The summed E-state index contributed by atoms with van der Waals surface area (Å²) in [5, 5.41) is 27.0. The molecule has 1 heterocycles. The molecule has 0 amide bonds. The molecule has 1 atom stereocenters. The summed E-state index contributed by atoms with van der Waals surface area (Å²) in [6, 6.07) is 4.51. The van der Waals surface area contributed by atoms with Crippen LogP contribution in [-0.4, -0.2) is 20.0 Å². The molecule has 1 aromatic carbocycles. The Morgan fingerprint density at radius 3 is 2.39 bits per heavy atom. The summed E-state index contributed by atoms with van der Waals surface area (Å²) in [4.78, 5) is 0. The van der Waals surface area contributed by atoms with Crippen LogP contribution in [0, 0.1) is 6.92 Å². The average Bonchev–Trinajstić information content (AvgIpc) is 2.57. The highest BCUT2D eigenvalue weighted by molar-refractivity contribution is 5.52. The number of hydrogen-bond donors (Lipinski definition) is 3. The first-order chi connectivity index (χ1) is 8.49. The molecule has 0 saturated heterocycles. The minimum absolute atomic E-state index is 0.0801. The summed E-state index contributed by atoms with van der Waals surface area (Å²) in [6.45, 7) is 3.78. The maximum absolute atomic E-state index is 9.79. The summed E-state index contributed by atoms with van der Waals surface area (Å²) in [5.41, 5.74) is 2.24. The Balaban J connectivity index is 2.27. The Labute approximate surface area is 106 Å². The summed E-state index contributed by atoms with van der Waals surface area (Å²) in [5.74, 6) is 0.160. The first kappa shape index (κ1) is 12.3. The zero-order valence-corrected chi connectivity index (χ0v) is 10.7. The first-order valence-electron chi connectivity index (χ1n) is 5.76. The van der Waals surface area contributed by atoms with Gasteiger partial charge in [0.2, 0.25) is 0 Å². The van der Waals surface area contributed by atoms with Crippen molar-refractivity contribution < 1.29 is 10.2 Å². The number of nitrogens with one attached hydrogen (secondary N) is 1. The normalized spacial score (nSPS) is 12.4. The molecule has 0 fully saturated rings. The van der Waals surface area contributed by atoms with Crippen LogP contribution >= 0.6 is 0 Å². The van der Waals surface area contributed by atoms with E-state index in [1.165, 1.54) is 0 Å². The SMILES string of the molecule is Cc1nn(C)cc1NC(C)c1c(O)cccc1O. The lowest BCUT2D eigenvalue weighted by molar-refractivity contribution is 0.434. The van der Waals surface area contributed by atoms with Crippen LogP contribution in [0.2, 0.25) is 0 Å². The number of phenols is 2. The molecule has 0 aliphatic rings. The van der Waals surface area contributed by atoms with E-state index in [-0.39, 0.29) is 17.5 Å². The lowest BCUT2D eigenvalue weighted by Crippen LogP contribution is -2.07. The van der Waals surface area contributed by atoms with E-state index in [0.717, 1.165) is 11.4 Å². The molecular weight excluding hydrogens is 230 g/mol. The minimum Gasteiger partial charge on any atom is -0.507 e. The van der Waals surface area contributed by atoms with Gasteiger partial charge in [-0.25, -0.2) is 0 Å². The highest BCUT2D eigenvalue weighted by Gasteiger charge is 2.16. The summed E-state index contributed by atoms with van der Waals surface area (Å²) in [6.07, 6.45) is 1.86. The number of phenolic OH excluding ortho intramolecular Hbond substituents is 2. The maximum Gasteiger partial charge on any atom is 0.124 e. The van der Waals surface area contributed by atoms with Crippen LogP contribution in [0.3, 0.4) is 0 Å². The van der Waals surface area contributed by atoms with Crippen molar-refractivity contribution in [3.8, 4) is 11.5 Å². The Morgan fingerprint density at radius 2 is 1.89 bits per heavy atom. The topological polar surface area (TPSA) is 70.3 Å². The lowest BCUT2D eigenvalue weighted by Gasteiger charge is -2.17. The molecule has 0 saturated carbocycles. The van der Waals surface area contributed by atoms with Gasteiger partial charge >= 0.3 is 0 Å². The molecule has 0 aliphatic heterocycles. The van der Waals surface area contributed by atoms with Crippen molar-refractivity contribution in [2.75, 3.05) is 5.32 Å². The second kappa shape index (κ2) is 4.60. The van der Waals surface area contributed by atoms with Gasteiger partial charge in [-0.3, -0.25) is 4.68 Å².